The summed E-state index contributed by atoms with van der Waals surface area (Å²) in [7, 11) is 0. The average molecular weight is 231 g/mol. The van der Waals surface area contributed by atoms with Crippen LogP contribution >= 0.6 is 0 Å². The Morgan fingerprint density at radius 2 is 2.18 bits per heavy atom. The van der Waals surface area contributed by atoms with Crippen molar-refractivity contribution in [1.29, 1.82) is 0 Å². The fourth-order valence-corrected chi connectivity index (χ4v) is 2.75. The maximum Gasteiger partial charge on any atom is 0.163 e. The number of piperidine rings is 1. The summed E-state index contributed by atoms with van der Waals surface area (Å²) in [6.45, 7) is 4.36. The van der Waals surface area contributed by atoms with Crippen LogP contribution in [-0.2, 0) is 5.41 Å². The second kappa shape index (κ2) is 4.07. The minimum Gasteiger partial charge on any atom is -0.317 e. The van der Waals surface area contributed by atoms with Gasteiger partial charge in [-0.25, -0.2) is 4.98 Å². The van der Waals surface area contributed by atoms with Crippen molar-refractivity contribution in [3.05, 3.63) is 24.4 Å². The third-order valence-electron chi connectivity index (χ3n) is 3.93. The van der Waals surface area contributed by atoms with E-state index in [2.05, 4.69) is 27.4 Å². The molecule has 0 radical (unpaired) electrons. The van der Waals surface area contributed by atoms with Crippen LogP contribution in [0, 0.1) is 0 Å². The van der Waals surface area contributed by atoms with Crippen molar-refractivity contribution in [3.8, 4) is 0 Å². The molecule has 0 aromatic carbocycles. The van der Waals surface area contributed by atoms with Crippen LogP contribution in [0.25, 0.3) is 5.65 Å². The lowest BCUT2D eigenvalue weighted by Crippen LogP contribution is -2.40. The van der Waals surface area contributed by atoms with Crippen LogP contribution in [0.5, 0.6) is 0 Å². The highest BCUT2D eigenvalue weighted by Gasteiger charge is 2.36. The molecule has 0 aliphatic carbocycles. The molecule has 1 aliphatic heterocycles. The lowest BCUT2D eigenvalue weighted by molar-refractivity contribution is 0.280. The Morgan fingerprint density at radius 1 is 1.35 bits per heavy atom. The Morgan fingerprint density at radius 3 is 2.94 bits per heavy atom. The van der Waals surface area contributed by atoms with Gasteiger partial charge in [0, 0.05) is 17.7 Å². The molecule has 3 rings (SSSR count). The molecule has 0 amide bonds. The minimum atomic E-state index is 0.160. The summed E-state index contributed by atoms with van der Waals surface area (Å²) in [4.78, 5) is 4.17. The zero-order valence-electron chi connectivity index (χ0n) is 10.1. The van der Waals surface area contributed by atoms with Crippen LogP contribution in [-0.4, -0.2) is 32.7 Å². The largest absolute Gasteiger partial charge is 0.317 e. The smallest absolute Gasteiger partial charge is 0.163 e. The Bertz CT molecular complexity index is 512. The van der Waals surface area contributed by atoms with E-state index in [-0.39, 0.29) is 5.41 Å². The first-order valence-corrected chi connectivity index (χ1v) is 6.22. The summed E-state index contributed by atoms with van der Waals surface area (Å²) in [5.41, 5.74) is 1.05. The zero-order valence-corrected chi connectivity index (χ0v) is 10.1. The molecule has 2 aromatic rings. The molecule has 1 fully saturated rings. The first-order chi connectivity index (χ1) is 8.36. The van der Waals surface area contributed by atoms with E-state index in [1.165, 1.54) is 0 Å². The predicted octanol–water partition coefficient (Wildman–Crippen LogP) is 1.16. The molecule has 3 heterocycles. The molecule has 5 nitrogen and oxygen atoms in total. The highest BCUT2D eigenvalue weighted by Crippen LogP contribution is 2.35. The predicted molar refractivity (Wildman–Crippen MR) is 64.9 cm³/mol. The number of nitrogens with zero attached hydrogens (tertiary/aromatic N) is 4. The lowest BCUT2D eigenvalue weighted by Gasteiger charge is -2.35. The Labute approximate surface area is 100 Å². The van der Waals surface area contributed by atoms with Gasteiger partial charge in [-0.15, -0.1) is 10.2 Å². The van der Waals surface area contributed by atoms with Crippen molar-refractivity contribution in [3.63, 3.8) is 0 Å². The normalized spacial score (nSPS) is 19.6. The first-order valence-electron chi connectivity index (χ1n) is 6.22. The number of fused-ring (bicyclic) bond motifs is 1. The van der Waals surface area contributed by atoms with Crippen LogP contribution < -0.4 is 5.32 Å². The van der Waals surface area contributed by atoms with Gasteiger partial charge in [0.15, 0.2) is 5.65 Å². The second-order valence-electron chi connectivity index (χ2n) is 4.72. The zero-order chi connectivity index (χ0) is 11.7. The van der Waals surface area contributed by atoms with E-state index in [1.807, 2.05) is 16.8 Å². The van der Waals surface area contributed by atoms with E-state index in [0.717, 1.165) is 43.8 Å². The summed E-state index contributed by atoms with van der Waals surface area (Å²) in [6.07, 6.45) is 6.93. The van der Waals surface area contributed by atoms with E-state index >= 15 is 0 Å². The molecule has 0 unspecified atom stereocenters. The highest BCUT2D eigenvalue weighted by molar-refractivity contribution is 5.37. The third kappa shape index (κ3) is 1.61. The van der Waals surface area contributed by atoms with Gasteiger partial charge in [0.2, 0.25) is 0 Å². The maximum atomic E-state index is 4.41. The number of hydrogen-bond donors (Lipinski definition) is 1. The maximum absolute atomic E-state index is 4.41. The van der Waals surface area contributed by atoms with Gasteiger partial charge in [0.1, 0.15) is 12.2 Å². The van der Waals surface area contributed by atoms with Crippen LogP contribution in [0.4, 0.5) is 0 Å². The lowest BCUT2D eigenvalue weighted by atomic mass is 9.76. The molecule has 1 aliphatic rings. The number of hydrogen-bond acceptors (Lipinski definition) is 4. The highest BCUT2D eigenvalue weighted by atomic mass is 15.3. The molecule has 0 saturated carbocycles. The molecule has 0 atom stereocenters. The average Bonchev–Trinajstić information content (AvgIpc) is 2.84. The van der Waals surface area contributed by atoms with Gasteiger partial charge >= 0.3 is 0 Å². The Balaban J connectivity index is 2.12. The summed E-state index contributed by atoms with van der Waals surface area (Å²) < 4.78 is 2.04. The first kappa shape index (κ1) is 10.7. The molecule has 0 bridgehead atoms. The van der Waals surface area contributed by atoms with Gasteiger partial charge in [0.25, 0.3) is 0 Å². The van der Waals surface area contributed by atoms with Gasteiger partial charge in [-0.3, -0.25) is 4.40 Å². The fraction of sp³-hybridized carbons (Fsp3) is 0.583. The van der Waals surface area contributed by atoms with Crippen molar-refractivity contribution >= 4 is 5.65 Å². The SMILES string of the molecule is CCC1(c2nnc3ccncn23)CCNCC1. The molecular weight excluding hydrogens is 214 g/mol. The van der Waals surface area contributed by atoms with Crippen LogP contribution in [0.1, 0.15) is 32.0 Å². The van der Waals surface area contributed by atoms with Crippen molar-refractivity contribution in [2.24, 2.45) is 0 Å². The Kier molecular flexibility index (Phi) is 2.55. The van der Waals surface area contributed by atoms with Crippen LogP contribution in [0.2, 0.25) is 0 Å². The van der Waals surface area contributed by atoms with Crippen molar-refractivity contribution in [1.82, 2.24) is 24.9 Å². The summed E-state index contributed by atoms with van der Waals surface area (Å²) in [5.74, 6) is 1.07. The van der Waals surface area contributed by atoms with E-state index in [4.69, 9.17) is 0 Å². The summed E-state index contributed by atoms with van der Waals surface area (Å²) in [6, 6.07) is 1.90. The number of nitrogens with one attached hydrogen (secondary N) is 1. The molecule has 1 saturated heterocycles. The molecule has 1 N–H and O–H groups in total. The Hall–Kier alpha value is -1.49. The molecule has 90 valence electrons. The molecule has 2 aromatic heterocycles. The monoisotopic (exact) mass is 231 g/mol. The van der Waals surface area contributed by atoms with Crippen molar-refractivity contribution in [2.75, 3.05) is 13.1 Å². The molecular formula is C12H17N5. The second-order valence-corrected chi connectivity index (χ2v) is 4.72. The van der Waals surface area contributed by atoms with E-state index in [9.17, 15) is 0 Å². The number of aromatic nitrogens is 4. The van der Waals surface area contributed by atoms with Gasteiger partial charge in [-0.2, -0.15) is 0 Å². The van der Waals surface area contributed by atoms with E-state index in [0.29, 0.717) is 0 Å². The fourth-order valence-electron chi connectivity index (χ4n) is 2.75. The van der Waals surface area contributed by atoms with Crippen LogP contribution in [0.15, 0.2) is 18.6 Å². The standard InChI is InChI=1S/C12H17N5/c1-2-12(4-7-13-8-5-12)11-16-15-10-3-6-14-9-17(10)11/h3,6,9,13H,2,4-5,7-8H2,1H3. The third-order valence-corrected chi connectivity index (χ3v) is 3.93. The molecule has 0 spiro atoms. The van der Waals surface area contributed by atoms with E-state index in [1.54, 1.807) is 6.20 Å². The van der Waals surface area contributed by atoms with Crippen molar-refractivity contribution < 1.29 is 0 Å². The van der Waals surface area contributed by atoms with Crippen LogP contribution in [0.3, 0.4) is 0 Å². The summed E-state index contributed by atoms with van der Waals surface area (Å²) in [5, 5.41) is 12.1. The van der Waals surface area contributed by atoms with E-state index < -0.39 is 0 Å². The quantitative estimate of drug-likeness (QED) is 0.842. The van der Waals surface area contributed by atoms with Gasteiger partial charge in [0.05, 0.1) is 0 Å². The molecule has 17 heavy (non-hydrogen) atoms. The van der Waals surface area contributed by atoms with Gasteiger partial charge in [-0.1, -0.05) is 6.92 Å². The summed E-state index contributed by atoms with van der Waals surface area (Å²) >= 11 is 0. The van der Waals surface area contributed by atoms with Crippen molar-refractivity contribution in [2.45, 2.75) is 31.6 Å². The topological polar surface area (TPSA) is 55.1 Å². The minimum absolute atomic E-state index is 0.160. The van der Waals surface area contributed by atoms with Gasteiger partial charge in [-0.05, 0) is 32.4 Å². The molecule has 5 heteroatoms. The number of rotatable bonds is 2. The van der Waals surface area contributed by atoms with Gasteiger partial charge < -0.3 is 5.32 Å².